The molecule has 0 aliphatic rings. The monoisotopic (exact) mass is 358 g/mol. The van der Waals surface area contributed by atoms with E-state index in [2.05, 4.69) is 102 Å². The molecule has 0 amide bonds. The zero-order valence-electron chi connectivity index (χ0n) is 16.2. The first-order valence-electron chi connectivity index (χ1n) is 9.18. The first kappa shape index (κ1) is 17.2. The minimum absolute atomic E-state index is 0.383. The fourth-order valence-corrected chi connectivity index (χ4v) is 3.53. The minimum Gasteiger partial charge on any atom is -0.288 e. The molecule has 136 valence electrons. The van der Waals surface area contributed by atoms with E-state index < -0.39 is 0 Å². The second kappa shape index (κ2) is 6.83. The summed E-state index contributed by atoms with van der Waals surface area (Å²) in [6.45, 7) is 6.61. The van der Waals surface area contributed by atoms with E-state index in [1.165, 1.54) is 28.2 Å². The van der Waals surface area contributed by atoms with Gasteiger partial charge in [-0.15, -0.1) is 10.2 Å². The first-order valence-corrected chi connectivity index (χ1v) is 9.18. The Kier molecular flexibility index (Phi) is 4.36. The summed E-state index contributed by atoms with van der Waals surface area (Å²) in [5.74, 6) is 1.56. The van der Waals surface area contributed by atoms with Gasteiger partial charge in [0, 0.05) is 11.3 Å². The predicted molar refractivity (Wildman–Crippen MR) is 106 cm³/mol. The highest BCUT2D eigenvalue weighted by Crippen LogP contribution is 2.30. The van der Waals surface area contributed by atoms with Crippen molar-refractivity contribution in [2.75, 3.05) is 0 Å². The molecule has 0 N–H and O–H groups in total. The van der Waals surface area contributed by atoms with Crippen LogP contribution in [-0.4, -0.2) is 19.3 Å². The van der Waals surface area contributed by atoms with E-state index >= 15 is 0 Å². The number of nitrogens with zero attached hydrogens (tertiary/aromatic N) is 5. The molecule has 0 unspecified atom stereocenters. The lowest BCUT2D eigenvalue weighted by Gasteiger charge is -2.14. The molecule has 2 aromatic heterocycles. The van der Waals surface area contributed by atoms with Crippen LogP contribution in [-0.2, 0) is 7.05 Å². The van der Waals surface area contributed by atoms with Crippen LogP contribution in [0.4, 0.5) is 0 Å². The van der Waals surface area contributed by atoms with E-state index in [1.54, 1.807) is 12.7 Å². The number of rotatable bonds is 4. The molecule has 5 nitrogen and oxygen atoms in total. The molecule has 4 rings (SSSR count). The Morgan fingerprint density at radius 2 is 1.74 bits per heavy atom. The molecule has 0 bridgehead atoms. The normalized spacial score (nSPS) is 11.3. The van der Waals surface area contributed by atoms with Crippen LogP contribution in [0.5, 0.6) is 0 Å². The number of imidazole rings is 1. The van der Waals surface area contributed by atoms with Gasteiger partial charge in [0.05, 0.1) is 12.6 Å². The van der Waals surface area contributed by atoms with E-state index in [9.17, 15) is 0 Å². The van der Waals surface area contributed by atoms with Gasteiger partial charge < -0.3 is 0 Å². The van der Waals surface area contributed by atoms with Crippen molar-refractivity contribution < 1.29 is 4.57 Å². The molecule has 0 saturated carbocycles. The summed E-state index contributed by atoms with van der Waals surface area (Å²) < 4.78 is 6.40. The zero-order chi connectivity index (χ0) is 19.0. The molecule has 2 heterocycles. The van der Waals surface area contributed by atoms with E-state index in [-0.39, 0.29) is 0 Å². The lowest BCUT2D eigenvalue weighted by molar-refractivity contribution is -0.659. The summed E-state index contributed by atoms with van der Waals surface area (Å²) in [4.78, 5) is 0. The number of hydrogen-bond donors (Lipinski definition) is 0. The maximum atomic E-state index is 3.92. The topological polar surface area (TPSA) is 39.5 Å². The largest absolute Gasteiger partial charge is 0.294 e. The molecule has 4 aromatic rings. The van der Waals surface area contributed by atoms with Gasteiger partial charge in [-0.3, -0.25) is 4.57 Å². The van der Waals surface area contributed by atoms with Crippen molar-refractivity contribution in [3.63, 3.8) is 0 Å². The Morgan fingerprint density at radius 1 is 1.00 bits per heavy atom. The molecule has 5 heteroatoms. The van der Waals surface area contributed by atoms with E-state index in [0.717, 1.165) is 5.69 Å². The average molecular weight is 358 g/mol. The van der Waals surface area contributed by atoms with Gasteiger partial charge in [-0.2, -0.15) is 4.57 Å². The number of aryl methyl sites for hydroxylation is 2. The van der Waals surface area contributed by atoms with Crippen LogP contribution < -0.4 is 4.57 Å². The molecule has 0 radical (unpaired) electrons. The number of aromatic nitrogens is 5. The predicted octanol–water partition coefficient (Wildman–Crippen LogP) is 3.98. The Labute approximate surface area is 159 Å². The minimum atomic E-state index is 0.383. The maximum absolute atomic E-state index is 3.92. The van der Waals surface area contributed by atoms with Crippen molar-refractivity contribution in [1.29, 1.82) is 0 Å². The summed E-state index contributed by atoms with van der Waals surface area (Å²) >= 11 is 0. The van der Waals surface area contributed by atoms with Crippen LogP contribution in [0.15, 0.2) is 67.5 Å². The van der Waals surface area contributed by atoms with Crippen molar-refractivity contribution >= 4 is 0 Å². The van der Waals surface area contributed by atoms with Crippen molar-refractivity contribution in [3.05, 3.63) is 78.6 Å². The van der Waals surface area contributed by atoms with Gasteiger partial charge in [0.2, 0.25) is 0 Å². The Balaban J connectivity index is 1.91. The standard InChI is InChI=1S/C22H24N5/c1-16(2)20-13-18(26-14-23-24-15-26)9-10-21(20)27-12-11-25(4)22(27)19-8-6-5-7-17(19)3/h5-16H,1-4H3/q+1. The van der Waals surface area contributed by atoms with Gasteiger partial charge in [-0.1, -0.05) is 32.0 Å². The molecule has 0 saturated heterocycles. The van der Waals surface area contributed by atoms with Gasteiger partial charge in [-0.05, 0) is 42.7 Å². The highest BCUT2D eigenvalue weighted by atomic mass is 15.2. The zero-order valence-corrected chi connectivity index (χ0v) is 16.2. The second-order valence-electron chi connectivity index (χ2n) is 7.18. The Bertz CT molecular complexity index is 1070. The van der Waals surface area contributed by atoms with Crippen molar-refractivity contribution in [2.45, 2.75) is 26.7 Å². The molecule has 0 aliphatic carbocycles. The van der Waals surface area contributed by atoms with E-state index in [0.29, 0.717) is 5.92 Å². The SMILES string of the molecule is Cc1ccccc1-c1n(-c2ccc(-n3cnnc3)cc2C(C)C)cc[n+]1C. The quantitative estimate of drug-likeness (QED) is 0.518. The third-order valence-electron chi connectivity index (χ3n) is 5.00. The smallest absolute Gasteiger partial charge is 0.288 e. The highest BCUT2D eigenvalue weighted by Gasteiger charge is 2.23. The van der Waals surface area contributed by atoms with Crippen LogP contribution in [0, 0.1) is 6.92 Å². The molecule has 0 aliphatic heterocycles. The number of hydrogen-bond acceptors (Lipinski definition) is 2. The fourth-order valence-electron chi connectivity index (χ4n) is 3.53. The molecular weight excluding hydrogens is 334 g/mol. The van der Waals surface area contributed by atoms with E-state index in [4.69, 9.17) is 0 Å². The second-order valence-corrected chi connectivity index (χ2v) is 7.18. The van der Waals surface area contributed by atoms with Gasteiger partial charge in [0.15, 0.2) is 0 Å². The first-order chi connectivity index (χ1) is 13.1. The molecular formula is C22H24N5+. The number of benzene rings is 2. The van der Waals surface area contributed by atoms with Gasteiger partial charge >= 0.3 is 0 Å². The van der Waals surface area contributed by atoms with Crippen LogP contribution >= 0.6 is 0 Å². The highest BCUT2D eigenvalue weighted by molar-refractivity contribution is 5.62. The summed E-state index contributed by atoms with van der Waals surface area (Å²) in [6.07, 6.45) is 7.71. The Hall–Kier alpha value is -3.21. The van der Waals surface area contributed by atoms with Crippen LogP contribution in [0.2, 0.25) is 0 Å². The van der Waals surface area contributed by atoms with Crippen molar-refractivity contribution in [3.8, 4) is 22.8 Å². The van der Waals surface area contributed by atoms with E-state index in [1.807, 2.05) is 4.57 Å². The van der Waals surface area contributed by atoms with Crippen LogP contribution in [0.1, 0.15) is 30.9 Å². The third-order valence-corrected chi connectivity index (χ3v) is 5.00. The van der Waals surface area contributed by atoms with Crippen molar-refractivity contribution in [2.24, 2.45) is 7.05 Å². The molecule has 2 aromatic carbocycles. The lowest BCUT2D eigenvalue weighted by Crippen LogP contribution is -2.29. The summed E-state index contributed by atoms with van der Waals surface area (Å²) in [7, 11) is 2.10. The third kappa shape index (κ3) is 3.05. The summed E-state index contributed by atoms with van der Waals surface area (Å²) in [5.41, 5.74) is 6.05. The fraction of sp³-hybridized carbons (Fsp3) is 0.227. The Morgan fingerprint density at radius 3 is 2.44 bits per heavy atom. The summed E-state index contributed by atoms with van der Waals surface area (Å²) in [5, 5.41) is 7.85. The maximum Gasteiger partial charge on any atom is 0.294 e. The average Bonchev–Trinajstić information content (AvgIpc) is 3.32. The van der Waals surface area contributed by atoms with Gasteiger partial charge in [0.25, 0.3) is 5.82 Å². The molecule has 0 fully saturated rings. The lowest BCUT2D eigenvalue weighted by atomic mass is 9.99. The van der Waals surface area contributed by atoms with Crippen LogP contribution in [0.3, 0.4) is 0 Å². The molecule has 27 heavy (non-hydrogen) atoms. The van der Waals surface area contributed by atoms with Crippen molar-refractivity contribution in [1.82, 2.24) is 19.3 Å². The molecule has 0 atom stereocenters. The van der Waals surface area contributed by atoms with Gasteiger partial charge in [0.1, 0.15) is 30.7 Å². The van der Waals surface area contributed by atoms with Gasteiger partial charge in [-0.25, -0.2) is 4.57 Å². The van der Waals surface area contributed by atoms with Crippen LogP contribution in [0.25, 0.3) is 22.8 Å². The summed E-state index contributed by atoms with van der Waals surface area (Å²) in [6, 6.07) is 15.0. The molecule has 0 spiro atoms.